The maximum atomic E-state index is 13.3. The number of rotatable bonds is 6. The van der Waals surface area contributed by atoms with Crippen molar-refractivity contribution in [1.29, 1.82) is 0 Å². The van der Waals surface area contributed by atoms with Gasteiger partial charge in [-0.05, 0) is 55.2 Å². The molecular formula is C24H25NO4. The van der Waals surface area contributed by atoms with E-state index in [1.54, 1.807) is 6.07 Å². The van der Waals surface area contributed by atoms with Crippen LogP contribution in [0.15, 0.2) is 45.6 Å². The second kappa shape index (κ2) is 7.74. The van der Waals surface area contributed by atoms with Crippen molar-refractivity contribution in [2.75, 3.05) is 6.61 Å². The smallest absolute Gasteiger partial charge is 0.288 e. The predicted octanol–water partition coefficient (Wildman–Crippen LogP) is 4.81. The molecule has 1 aliphatic heterocycles. The maximum Gasteiger partial charge on any atom is 0.288 e. The monoisotopic (exact) mass is 391 g/mol. The highest BCUT2D eigenvalue weighted by Gasteiger charge is 2.36. The van der Waals surface area contributed by atoms with E-state index in [9.17, 15) is 9.59 Å². The van der Waals surface area contributed by atoms with E-state index in [0.29, 0.717) is 23.1 Å². The molecule has 3 aromatic rings. The molecule has 1 amide bonds. The van der Waals surface area contributed by atoms with Gasteiger partial charge in [-0.25, -0.2) is 0 Å². The van der Waals surface area contributed by atoms with Gasteiger partial charge in [0.1, 0.15) is 11.3 Å². The molecule has 1 N–H and O–H groups in total. The van der Waals surface area contributed by atoms with Crippen LogP contribution in [0, 0.1) is 13.8 Å². The summed E-state index contributed by atoms with van der Waals surface area (Å²) in [6.07, 6.45) is 3.32. The Morgan fingerprint density at radius 1 is 1.07 bits per heavy atom. The third-order valence-electron chi connectivity index (χ3n) is 5.37. The van der Waals surface area contributed by atoms with E-state index in [1.807, 2.05) is 44.2 Å². The lowest BCUT2D eigenvalue weighted by Gasteiger charge is -2.13. The molecule has 0 bridgehead atoms. The fourth-order valence-electron chi connectivity index (χ4n) is 3.95. The van der Waals surface area contributed by atoms with E-state index < -0.39 is 6.04 Å². The lowest BCUT2D eigenvalue weighted by molar-refractivity contribution is 0.0938. The van der Waals surface area contributed by atoms with E-state index in [-0.39, 0.29) is 17.1 Å². The Morgan fingerprint density at radius 3 is 2.55 bits per heavy atom. The van der Waals surface area contributed by atoms with Gasteiger partial charge in [-0.2, -0.15) is 0 Å². The summed E-state index contributed by atoms with van der Waals surface area (Å²) < 4.78 is 11.6. The number of amides is 1. The van der Waals surface area contributed by atoms with Crippen LogP contribution in [0.1, 0.15) is 65.0 Å². The topological polar surface area (TPSA) is 68.5 Å². The average molecular weight is 391 g/mol. The Labute approximate surface area is 169 Å². The highest BCUT2D eigenvalue weighted by Crippen LogP contribution is 2.32. The Balaban J connectivity index is 1.69. The zero-order chi connectivity index (χ0) is 20.5. The maximum absolute atomic E-state index is 13.3. The number of carbonyl (C=O) groups excluding carboxylic acids is 1. The molecule has 4 rings (SSSR count). The first-order chi connectivity index (χ1) is 14.0. The molecule has 1 unspecified atom stereocenters. The largest absolute Gasteiger partial charge is 0.494 e. The van der Waals surface area contributed by atoms with Gasteiger partial charge < -0.3 is 14.5 Å². The molecule has 5 nitrogen and oxygen atoms in total. The van der Waals surface area contributed by atoms with E-state index in [0.717, 1.165) is 41.7 Å². The number of hydrogen-bond donors (Lipinski definition) is 1. The normalized spacial score (nSPS) is 15.4. The zero-order valence-electron chi connectivity index (χ0n) is 17.0. The van der Waals surface area contributed by atoms with Crippen molar-refractivity contribution in [3.8, 4) is 5.75 Å². The van der Waals surface area contributed by atoms with Gasteiger partial charge in [-0.3, -0.25) is 9.59 Å². The van der Waals surface area contributed by atoms with Crippen molar-refractivity contribution in [1.82, 2.24) is 5.32 Å². The Kier molecular flexibility index (Phi) is 5.14. The Morgan fingerprint density at radius 2 is 1.83 bits per heavy atom. The van der Waals surface area contributed by atoms with Gasteiger partial charge in [0.2, 0.25) is 5.76 Å². The average Bonchev–Trinajstić information content (AvgIpc) is 3.02. The summed E-state index contributed by atoms with van der Waals surface area (Å²) >= 11 is 0. The van der Waals surface area contributed by atoms with Gasteiger partial charge in [0.25, 0.3) is 5.91 Å². The lowest BCUT2D eigenvalue weighted by atomic mass is 9.97. The Bertz CT molecular complexity index is 1130. The second-order valence-corrected chi connectivity index (χ2v) is 7.66. The number of fused-ring (bicyclic) bond motifs is 2. The molecule has 5 heteroatoms. The molecule has 0 fully saturated rings. The molecule has 0 aliphatic carbocycles. The minimum absolute atomic E-state index is 0.109. The van der Waals surface area contributed by atoms with Gasteiger partial charge >= 0.3 is 0 Å². The van der Waals surface area contributed by atoms with Crippen LogP contribution in [0.5, 0.6) is 5.75 Å². The van der Waals surface area contributed by atoms with Gasteiger partial charge in [-0.15, -0.1) is 0 Å². The van der Waals surface area contributed by atoms with Crippen LogP contribution in [0.2, 0.25) is 0 Å². The molecule has 1 atom stereocenters. The third-order valence-corrected chi connectivity index (χ3v) is 5.37. The SMILES string of the molecule is CCCCCOc1ccc(C2NC(=O)c3oc4cc(C)cc(C)c4c(=O)c32)cc1. The van der Waals surface area contributed by atoms with Crippen LogP contribution < -0.4 is 15.5 Å². The molecule has 2 aromatic carbocycles. The zero-order valence-corrected chi connectivity index (χ0v) is 17.0. The molecule has 1 aromatic heterocycles. The molecule has 0 saturated heterocycles. The number of unbranched alkanes of at least 4 members (excludes halogenated alkanes) is 2. The molecule has 0 saturated carbocycles. The molecule has 0 radical (unpaired) electrons. The Hall–Kier alpha value is -3.08. The standard InChI is InChI=1S/C24H25NO4/c1-4-5-6-11-28-17-9-7-16(8-10-17)21-20-22(26)19-15(3)12-14(2)13-18(19)29-23(20)24(27)25-21/h7-10,12-13,21H,4-6,11H2,1-3H3,(H,25,27). The first-order valence-electron chi connectivity index (χ1n) is 10.1. The van der Waals surface area contributed by atoms with Gasteiger partial charge in [-0.1, -0.05) is 38.0 Å². The van der Waals surface area contributed by atoms with Crippen molar-refractivity contribution in [3.63, 3.8) is 0 Å². The summed E-state index contributed by atoms with van der Waals surface area (Å²) in [5.74, 6) is 0.534. The number of ether oxygens (including phenoxy) is 1. The quantitative estimate of drug-likeness (QED) is 0.612. The van der Waals surface area contributed by atoms with Crippen molar-refractivity contribution >= 4 is 16.9 Å². The number of hydrogen-bond acceptors (Lipinski definition) is 4. The minimum Gasteiger partial charge on any atom is -0.494 e. The van der Waals surface area contributed by atoms with Crippen LogP contribution in [0.3, 0.4) is 0 Å². The van der Waals surface area contributed by atoms with E-state index >= 15 is 0 Å². The fourth-order valence-corrected chi connectivity index (χ4v) is 3.95. The summed E-state index contributed by atoms with van der Waals surface area (Å²) in [6, 6.07) is 10.8. The number of aryl methyl sites for hydroxylation is 2. The first kappa shape index (κ1) is 19.2. The minimum atomic E-state index is -0.520. The number of nitrogens with one attached hydrogen (secondary N) is 1. The van der Waals surface area contributed by atoms with E-state index in [1.165, 1.54) is 0 Å². The highest BCUT2D eigenvalue weighted by molar-refractivity contribution is 5.99. The summed E-state index contributed by atoms with van der Waals surface area (Å²) in [5, 5.41) is 3.43. The summed E-state index contributed by atoms with van der Waals surface area (Å²) in [5.41, 5.74) is 3.36. The van der Waals surface area contributed by atoms with Crippen LogP contribution in [-0.2, 0) is 0 Å². The van der Waals surface area contributed by atoms with Crippen molar-refractivity contribution in [3.05, 3.63) is 74.6 Å². The molecule has 29 heavy (non-hydrogen) atoms. The summed E-state index contributed by atoms with van der Waals surface area (Å²) in [6.45, 7) is 6.67. The van der Waals surface area contributed by atoms with Crippen LogP contribution in [0.4, 0.5) is 0 Å². The van der Waals surface area contributed by atoms with Crippen LogP contribution in [0.25, 0.3) is 11.0 Å². The van der Waals surface area contributed by atoms with Gasteiger partial charge in [0.15, 0.2) is 5.43 Å². The fraction of sp³-hybridized carbons (Fsp3) is 0.333. The molecule has 0 spiro atoms. The first-order valence-corrected chi connectivity index (χ1v) is 10.1. The number of benzene rings is 2. The third kappa shape index (κ3) is 3.53. The summed E-state index contributed by atoms with van der Waals surface area (Å²) in [4.78, 5) is 25.8. The summed E-state index contributed by atoms with van der Waals surface area (Å²) in [7, 11) is 0. The van der Waals surface area contributed by atoms with Crippen LogP contribution in [-0.4, -0.2) is 12.5 Å². The molecular weight excluding hydrogens is 366 g/mol. The van der Waals surface area contributed by atoms with Crippen molar-refractivity contribution in [2.24, 2.45) is 0 Å². The lowest BCUT2D eigenvalue weighted by Crippen LogP contribution is -2.22. The number of carbonyl (C=O) groups is 1. The molecule has 150 valence electrons. The predicted molar refractivity (Wildman–Crippen MR) is 113 cm³/mol. The second-order valence-electron chi connectivity index (χ2n) is 7.66. The van der Waals surface area contributed by atoms with Gasteiger partial charge in [0, 0.05) is 0 Å². The molecule has 1 aliphatic rings. The van der Waals surface area contributed by atoms with Crippen molar-refractivity contribution < 1.29 is 13.9 Å². The van der Waals surface area contributed by atoms with Gasteiger partial charge in [0.05, 0.1) is 23.6 Å². The molecule has 2 heterocycles. The highest BCUT2D eigenvalue weighted by atomic mass is 16.5. The van der Waals surface area contributed by atoms with Crippen molar-refractivity contribution in [2.45, 2.75) is 46.1 Å². The van der Waals surface area contributed by atoms with E-state index in [2.05, 4.69) is 12.2 Å². The van der Waals surface area contributed by atoms with E-state index in [4.69, 9.17) is 9.15 Å². The van der Waals surface area contributed by atoms with Crippen LogP contribution >= 0.6 is 0 Å².